The van der Waals surface area contributed by atoms with Gasteiger partial charge in [0.1, 0.15) is 0 Å². The first-order chi connectivity index (χ1) is 12.6. The largest absolute Gasteiger partial charge is 0.352 e. The molecular formula is C19H28BrN3O2S. The van der Waals surface area contributed by atoms with Gasteiger partial charge in [0.15, 0.2) is 0 Å². The van der Waals surface area contributed by atoms with Crippen LogP contribution in [0.5, 0.6) is 0 Å². The molecule has 2 N–H and O–H groups in total. The number of piperidine rings is 1. The first-order valence-electron chi connectivity index (χ1n) is 9.65. The number of likely N-dealkylation sites (tertiary alicyclic amines) is 1. The van der Waals surface area contributed by atoms with Gasteiger partial charge in [-0.05, 0) is 59.7 Å². The Labute approximate surface area is 168 Å². The maximum atomic E-state index is 12.1. The molecule has 1 aromatic rings. The van der Waals surface area contributed by atoms with E-state index >= 15 is 0 Å². The van der Waals surface area contributed by atoms with Gasteiger partial charge in [-0.1, -0.05) is 19.3 Å². The van der Waals surface area contributed by atoms with Crippen LogP contribution in [0.4, 0.5) is 0 Å². The Balaban J connectivity index is 1.32. The lowest BCUT2D eigenvalue weighted by atomic mass is 9.88. The van der Waals surface area contributed by atoms with Gasteiger partial charge in [0.05, 0.1) is 15.2 Å². The lowest BCUT2D eigenvalue weighted by molar-refractivity contribution is -0.121. The number of nitrogens with zero attached hydrogens (tertiary/aromatic N) is 1. The minimum absolute atomic E-state index is 0.0383. The highest BCUT2D eigenvalue weighted by molar-refractivity contribution is 9.11. The summed E-state index contributed by atoms with van der Waals surface area (Å²) < 4.78 is 0.909. The minimum atomic E-state index is -0.196. The SMILES string of the molecule is O=C(CNC(=O)c1ccc(Br)s1)NC1CCN(CC2CCCCC2)CC1. The van der Waals surface area contributed by atoms with E-state index in [4.69, 9.17) is 0 Å². The fourth-order valence-corrected chi connectivity index (χ4v) is 5.26. The van der Waals surface area contributed by atoms with Crippen molar-refractivity contribution < 1.29 is 9.59 Å². The average molecular weight is 442 g/mol. The van der Waals surface area contributed by atoms with Crippen LogP contribution >= 0.6 is 27.3 Å². The smallest absolute Gasteiger partial charge is 0.261 e. The Kier molecular flexibility index (Phi) is 7.52. The monoisotopic (exact) mass is 441 g/mol. The van der Waals surface area contributed by atoms with E-state index in [9.17, 15) is 9.59 Å². The van der Waals surface area contributed by atoms with Crippen LogP contribution in [0.3, 0.4) is 0 Å². The van der Waals surface area contributed by atoms with Crippen LogP contribution < -0.4 is 10.6 Å². The van der Waals surface area contributed by atoms with Crippen molar-refractivity contribution in [3.63, 3.8) is 0 Å². The van der Waals surface area contributed by atoms with E-state index in [0.29, 0.717) is 4.88 Å². The van der Waals surface area contributed by atoms with Crippen LogP contribution in [-0.4, -0.2) is 48.9 Å². The molecule has 1 saturated heterocycles. The van der Waals surface area contributed by atoms with Crippen LogP contribution in [0.25, 0.3) is 0 Å². The molecular weight excluding hydrogens is 414 g/mol. The van der Waals surface area contributed by atoms with E-state index < -0.39 is 0 Å². The highest BCUT2D eigenvalue weighted by Crippen LogP contribution is 2.25. The van der Waals surface area contributed by atoms with E-state index in [1.807, 2.05) is 6.07 Å². The van der Waals surface area contributed by atoms with Crippen LogP contribution in [0, 0.1) is 5.92 Å². The molecule has 1 aliphatic heterocycles. The van der Waals surface area contributed by atoms with Gasteiger partial charge in [0.2, 0.25) is 5.91 Å². The zero-order valence-electron chi connectivity index (χ0n) is 15.1. The van der Waals surface area contributed by atoms with Crippen molar-refractivity contribution >= 4 is 39.1 Å². The molecule has 0 aromatic carbocycles. The number of rotatable bonds is 6. The third-order valence-corrected chi connectivity index (χ3v) is 7.02. The Morgan fingerprint density at radius 2 is 1.85 bits per heavy atom. The fraction of sp³-hybridized carbons (Fsp3) is 0.684. The number of nitrogens with one attached hydrogen (secondary N) is 2. The van der Waals surface area contributed by atoms with Gasteiger partial charge in [-0.3, -0.25) is 9.59 Å². The number of hydrogen-bond donors (Lipinski definition) is 2. The van der Waals surface area contributed by atoms with Gasteiger partial charge in [0.25, 0.3) is 5.91 Å². The molecule has 2 amide bonds. The Bertz CT molecular complexity index is 608. The number of halogens is 1. The second kappa shape index (κ2) is 9.85. The van der Waals surface area contributed by atoms with E-state index in [2.05, 4.69) is 31.5 Å². The number of carbonyl (C=O) groups is 2. The molecule has 2 fully saturated rings. The summed E-state index contributed by atoms with van der Waals surface area (Å²) in [4.78, 5) is 27.3. The van der Waals surface area contributed by atoms with E-state index in [0.717, 1.165) is 35.6 Å². The van der Waals surface area contributed by atoms with Crippen molar-refractivity contribution in [2.45, 2.75) is 51.0 Å². The van der Waals surface area contributed by atoms with Crippen molar-refractivity contribution in [2.75, 3.05) is 26.2 Å². The van der Waals surface area contributed by atoms with Crippen molar-refractivity contribution in [3.05, 3.63) is 20.8 Å². The van der Waals surface area contributed by atoms with Crippen molar-refractivity contribution in [1.29, 1.82) is 0 Å². The predicted molar refractivity (Wildman–Crippen MR) is 109 cm³/mol. The van der Waals surface area contributed by atoms with Crippen LogP contribution in [-0.2, 0) is 4.79 Å². The zero-order valence-corrected chi connectivity index (χ0v) is 17.5. The summed E-state index contributed by atoms with van der Waals surface area (Å²) in [7, 11) is 0. The molecule has 7 heteroatoms. The summed E-state index contributed by atoms with van der Waals surface area (Å²) in [5.41, 5.74) is 0. The molecule has 1 saturated carbocycles. The maximum absolute atomic E-state index is 12.1. The number of thiophene rings is 1. The Morgan fingerprint density at radius 3 is 2.50 bits per heavy atom. The zero-order chi connectivity index (χ0) is 18.4. The highest BCUT2D eigenvalue weighted by Gasteiger charge is 2.23. The summed E-state index contributed by atoms with van der Waals surface area (Å²) in [5, 5.41) is 5.76. The molecule has 144 valence electrons. The minimum Gasteiger partial charge on any atom is -0.352 e. The van der Waals surface area contributed by atoms with E-state index in [1.54, 1.807) is 6.07 Å². The molecule has 26 heavy (non-hydrogen) atoms. The van der Waals surface area contributed by atoms with Gasteiger partial charge in [0, 0.05) is 25.7 Å². The second-order valence-electron chi connectivity index (χ2n) is 7.43. The van der Waals surface area contributed by atoms with Crippen LogP contribution in [0.15, 0.2) is 15.9 Å². The molecule has 1 aliphatic carbocycles. The van der Waals surface area contributed by atoms with Gasteiger partial charge in [-0.2, -0.15) is 0 Å². The molecule has 0 radical (unpaired) electrons. The summed E-state index contributed by atoms with van der Waals surface area (Å²) >= 11 is 4.70. The average Bonchev–Trinajstić information content (AvgIpc) is 3.09. The number of carbonyl (C=O) groups excluding carboxylic acids is 2. The number of hydrogen-bond acceptors (Lipinski definition) is 4. The van der Waals surface area contributed by atoms with Gasteiger partial charge < -0.3 is 15.5 Å². The van der Waals surface area contributed by atoms with Crippen LogP contribution in [0.1, 0.15) is 54.6 Å². The normalized spacial score (nSPS) is 20.0. The predicted octanol–water partition coefficient (Wildman–Crippen LogP) is 3.40. The molecule has 0 unspecified atom stereocenters. The van der Waals surface area contributed by atoms with Gasteiger partial charge in [-0.15, -0.1) is 11.3 Å². The third kappa shape index (κ3) is 6.06. The first kappa shape index (κ1) is 19.8. The lowest BCUT2D eigenvalue weighted by Gasteiger charge is -2.35. The Morgan fingerprint density at radius 1 is 1.12 bits per heavy atom. The van der Waals surface area contributed by atoms with Crippen molar-refractivity contribution in [3.8, 4) is 0 Å². The van der Waals surface area contributed by atoms with Gasteiger partial charge in [-0.25, -0.2) is 0 Å². The standard InChI is InChI=1S/C19H28BrN3O2S/c20-17-7-6-16(26-17)19(25)21-12-18(24)22-15-8-10-23(11-9-15)13-14-4-2-1-3-5-14/h6-7,14-15H,1-5,8-13H2,(H,21,25)(H,22,24). The summed E-state index contributed by atoms with van der Waals surface area (Å²) in [6, 6.07) is 3.82. The molecule has 0 bridgehead atoms. The quantitative estimate of drug-likeness (QED) is 0.710. The second-order valence-corrected chi connectivity index (χ2v) is 9.90. The van der Waals surface area contributed by atoms with Gasteiger partial charge >= 0.3 is 0 Å². The molecule has 5 nitrogen and oxygen atoms in total. The molecule has 0 spiro atoms. The summed E-state index contributed by atoms with van der Waals surface area (Å²) in [5.74, 6) is 0.584. The third-order valence-electron chi connectivity index (χ3n) is 5.40. The van der Waals surface area contributed by atoms with Crippen molar-refractivity contribution in [1.82, 2.24) is 15.5 Å². The molecule has 0 atom stereocenters. The fourth-order valence-electron chi connectivity index (χ4n) is 3.96. The topological polar surface area (TPSA) is 61.4 Å². The molecule has 2 aliphatic rings. The van der Waals surface area contributed by atoms with E-state index in [-0.39, 0.29) is 24.4 Å². The summed E-state index contributed by atoms with van der Waals surface area (Å²) in [6.07, 6.45) is 8.98. The lowest BCUT2D eigenvalue weighted by Crippen LogP contribution is -2.48. The number of amides is 2. The Hall–Kier alpha value is -0.920. The molecule has 2 heterocycles. The molecule has 3 rings (SSSR count). The maximum Gasteiger partial charge on any atom is 0.261 e. The van der Waals surface area contributed by atoms with Crippen molar-refractivity contribution in [2.24, 2.45) is 5.92 Å². The van der Waals surface area contributed by atoms with E-state index in [1.165, 1.54) is 50.0 Å². The summed E-state index contributed by atoms with van der Waals surface area (Å²) in [6.45, 7) is 3.40. The highest BCUT2D eigenvalue weighted by atomic mass is 79.9. The molecule has 1 aromatic heterocycles. The first-order valence-corrected chi connectivity index (χ1v) is 11.3. The van der Waals surface area contributed by atoms with Crippen LogP contribution in [0.2, 0.25) is 0 Å².